The van der Waals surface area contributed by atoms with Crippen molar-refractivity contribution < 1.29 is 9.94 Å². The molecule has 0 aromatic carbocycles. The monoisotopic (exact) mass is 236 g/mol. The second-order valence-electron chi connectivity index (χ2n) is 3.99. The molecule has 0 aliphatic carbocycles. The van der Waals surface area contributed by atoms with E-state index < -0.39 is 0 Å². The van der Waals surface area contributed by atoms with Crippen LogP contribution in [0.15, 0.2) is 23.5 Å². The van der Waals surface area contributed by atoms with Gasteiger partial charge >= 0.3 is 0 Å². The highest BCUT2D eigenvalue weighted by Crippen LogP contribution is 2.21. The summed E-state index contributed by atoms with van der Waals surface area (Å²) in [6.07, 6.45) is 2.65. The van der Waals surface area contributed by atoms with Crippen LogP contribution >= 0.6 is 0 Å². The molecule has 6 nitrogen and oxygen atoms in total. The van der Waals surface area contributed by atoms with Crippen molar-refractivity contribution in [3.63, 3.8) is 0 Å². The standard InChI is InChI=1S/C11H16N4O2/c1-15(8-4-6-17-7-8)11-9(10(12)14-16)3-2-5-13-11/h2-3,5,8,16H,4,6-7H2,1H3,(H2,12,14). The Kier molecular flexibility index (Phi) is 3.43. The Bertz CT molecular complexity index is 416. The number of likely N-dealkylation sites (N-methyl/N-ethyl adjacent to an activating group) is 1. The Labute approximate surface area is 99.7 Å². The van der Waals surface area contributed by atoms with Gasteiger partial charge in [0.1, 0.15) is 5.82 Å². The van der Waals surface area contributed by atoms with Crippen LogP contribution in [-0.4, -0.2) is 42.3 Å². The molecule has 2 rings (SSSR count). The summed E-state index contributed by atoms with van der Waals surface area (Å²) < 4.78 is 5.35. The fourth-order valence-electron chi connectivity index (χ4n) is 1.93. The van der Waals surface area contributed by atoms with E-state index in [2.05, 4.69) is 10.1 Å². The van der Waals surface area contributed by atoms with Gasteiger partial charge in [0.05, 0.1) is 18.2 Å². The van der Waals surface area contributed by atoms with Gasteiger partial charge in [0.25, 0.3) is 0 Å². The van der Waals surface area contributed by atoms with Gasteiger partial charge in [0, 0.05) is 19.9 Å². The lowest BCUT2D eigenvalue weighted by Gasteiger charge is -2.25. The maximum Gasteiger partial charge on any atom is 0.173 e. The lowest BCUT2D eigenvalue weighted by atomic mass is 10.2. The first kappa shape index (κ1) is 11.7. The lowest BCUT2D eigenvalue weighted by molar-refractivity contribution is 0.193. The zero-order chi connectivity index (χ0) is 12.3. The van der Waals surface area contributed by atoms with E-state index in [1.807, 2.05) is 11.9 Å². The number of ether oxygens (including phenoxy) is 1. The molecule has 1 aliphatic rings. The highest BCUT2D eigenvalue weighted by atomic mass is 16.5. The van der Waals surface area contributed by atoms with E-state index in [4.69, 9.17) is 15.7 Å². The first-order valence-corrected chi connectivity index (χ1v) is 5.47. The topological polar surface area (TPSA) is 84.0 Å². The number of hydrogen-bond acceptors (Lipinski definition) is 5. The van der Waals surface area contributed by atoms with E-state index >= 15 is 0 Å². The summed E-state index contributed by atoms with van der Waals surface area (Å²) in [5.74, 6) is 0.775. The molecule has 1 saturated heterocycles. The molecule has 1 fully saturated rings. The number of oxime groups is 1. The van der Waals surface area contributed by atoms with Crippen LogP contribution in [0.3, 0.4) is 0 Å². The molecule has 0 bridgehead atoms. The van der Waals surface area contributed by atoms with Gasteiger partial charge in [-0.05, 0) is 18.6 Å². The van der Waals surface area contributed by atoms with Crippen molar-refractivity contribution in [3.05, 3.63) is 23.9 Å². The molecule has 1 aromatic heterocycles. The van der Waals surface area contributed by atoms with Gasteiger partial charge in [-0.15, -0.1) is 0 Å². The summed E-state index contributed by atoms with van der Waals surface area (Å²) in [4.78, 5) is 6.30. The Balaban J connectivity index is 2.30. The molecule has 1 aromatic rings. The normalized spacial score (nSPS) is 20.5. The second-order valence-corrected chi connectivity index (χ2v) is 3.99. The third-order valence-electron chi connectivity index (χ3n) is 2.96. The van der Waals surface area contributed by atoms with Crippen molar-refractivity contribution in [2.75, 3.05) is 25.2 Å². The summed E-state index contributed by atoms with van der Waals surface area (Å²) >= 11 is 0. The number of rotatable bonds is 3. The Morgan fingerprint density at radius 2 is 2.53 bits per heavy atom. The number of amidine groups is 1. The van der Waals surface area contributed by atoms with Gasteiger partial charge in [0.2, 0.25) is 0 Å². The van der Waals surface area contributed by atoms with Crippen molar-refractivity contribution in [1.82, 2.24) is 4.98 Å². The zero-order valence-corrected chi connectivity index (χ0v) is 9.71. The first-order valence-electron chi connectivity index (χ1n) is 5.47. The van der Waals surface area contributed by atoms with Crippen LogP contribution in [0.25, 0.3) is 0 Å². The zero-order valence-electron chi connectivity index (χ0n) is 9.71. The predicted octanol–water partition coefficient (Wildman–Crippen LogP) is 0.401. The van der Waals surface area contributed by atoms with Crippen molar-refractivity contribution in [1.29, 1.82) is 0 Å². The van der Waals surface area contributed by atoms with Gasteiger partial charge < -0.3 is 20.6 Å². The minimum absolute atomic E-state index is 0.0684. The lowest BCUT2D eigenvalue weighted by Crippen LogP contribution is -2.34. The molecule has 0 saturated carbocycles. The molecule has 17 heavy (non-hydrogen) atoms. The smallest absolute Gasteiger partial charge is 0.173 e. The van der Waals surface area contributed by atoms with E-state index in [0.29, 0.717) is 18.0 Å². The molecule has 1 aliphatic heterocycles. The van der Waals surface area contributed by atoms with E-state index in [9.17, 15) is 0 Å². The first-order chi connectivity index (χ1) is 8.24. The second kappa shape index (κ2) is 5.01. The molecule has 6 heteroatoms. The summed E-state index contributed by atoms with van der Waals surface area (Å²) in [5, 5.41) is 11.8. The molecule has 92 valence electrons. The number of nitrogens with zero attached hydrogens (tertiary/aromatic N) is 3. The molecule has 0 radical (unpaired) electrons. The Hall–Kier alpha value is -1.82. The van der Waals surface area contributed by atoms with Crippen LogP contribution < -0.4 is 10.6 Å². The number of aromatic nitrogens is 1. The highest BCUT2D eigenvalue weighted by molar-refractivity contribution is 6.01. The van der Waals surface area contributed by atoms with Crippen LogP contribution in [0, 0.1) is 0 Å². The predicted molar refractivity (Wildman–Crippen MR) is 64.4 cm³/mol. The largest absolute Gasteiger partial charge is 0.409 e. The van der Waals surface area contributed by atoms with E-state index in [1.165, 1.54) is 0 Å². The average Bonchev–Trinajstić information content (AvgIpc) is 2.91. The third-order valence-corrected chi connectivity index (χ3v) is 2.96. The van der Waals surface area contributed by atoms with Crippen LogP contribution in [0.5, 0.6) is 0 Å². The van der Waals surface area contributed by atoms with Gasteiger partial charge in [-0.3, -0.25) is 0 Å². The average molecular weight is 236 g/mol. The molecule has 0 spiro atoms. The molecule has 2 heterocycles. The Morgan fingerprint density at radius 3 is 3.18 bits per heavy atom. The summed E-state index contributed by atoms with van der Waals surface area (Å²) in [6, 6.07) is 3.83. The Morgan fingerprint density at radius 1 is 1.71 bits per heavy atom. The SMILES string of the molecule is CN(c1ncccc1/C(N)=N/O)C1CCOC1. The molecular formula is C11H16N4O2. The maximum absolute atomic E-state index is 8.75. The highest BCUT2D eigenvalue weighted by Gasteiger charge is 2.23. The van der Waals surface area contributed by atoms with E-state index in [1.54, 1.807) is 18.3 Å². The number of anilines is 1. The summed E-state index contributed by atoms with van der Waals surface area (Å²) in [6.45, 7) is 1.45. The van der Waals surface area contributed by atoms with Crippen molar-refractivity contribution in [2.24, 2.45) is 10.9 Å². The fraction of sp³-hybridized carbons (Fsp3) is 0.455. The van der Waals surface area contributed by atoms with Crippen LogP contribution in [0.4, 0.5) is 5.82 Å². The summed E-state index contributed by atoms with van der Waals surface area (Å²) in [5.41, 5.74) is 6.26. The molecule has 1 atom stereocenters. The molecule has 0 amide bonds. The van der Waals surface area contributed by atoms with E-state index in [0.717, 1.165) is 13.0 Å². The number of pyridine rings is 1. The molecular weight excluding hydrogens is 220 g/mol. The van der Waals surface area contributed by atoms with Crippen molar-refractivity contribution in [3.8, 4) is 0 Å². The van der Waals surface area contributed by atoms with E-state index in [-0.39, 0.29) is 11.9 Å². The minimum atomic E-state index is 0.0684. The quantitative estimate of drug-likeness (QED) is 0.343. The molecule has 3 N–H and O–H groups in total. The maximum atomic E-state index is 8.75. The van der Waals surface area contributed by atoms with Crippen LogP contribution in [0.2, 0.25) is 0 Å². The van der Waals surface area contributed by atoms with Gasteiger partial charge in [-0.2, -0.15) is 0 Å². The minimum Gasteiger partial charge on any atom is -0.409 e. The van der Waals surface area contributed by atoms with Crippen molar-refractivity contribution >= 4 is 11.7 Å². The third kappa shape index (κ3) is 2.31. The van der Waals surface area contributed by atoms with Gasteiger partial charge in [-0.25, -0.2) is 4.98 Å². The van der Waals surface area contributed by atoms with Crippen LogP contribution in [-0.2, 0) is 4.74 Å². The molecule has 1 unspecified atom stereocenters. The fourth-order valence-corrected chi connectivity index (χ4v) is 1.93. The summed E-state index contributed by atoms with van der Waals surface area (Å²) in [7, 11) is 1.94. The van der Waals surface area contributed by atoms with Crippen LogP contribution in [0.1, 0.15) is 12.0 Å². The number of hydrogen-bond donors (Lipinski definition) is 2. The van der Waals surface area contributed by atoms with Gasteiger partial charge in [-0.1, -0.05) is 5.16 Å². The van der Waals surface area contributed by atoms with Gasteiger partial charge in [0.15, 0.2) is 5.84 Å². The van der Waals surface area contributed by atoms with Crippen molar-refractivity contribution in [2.45, 2.75) is 12.5 Å². The number of nitrogens with two attached hydrogens (primary N) is 1.